The number of piperidine rings is 1. The normalized spacial score (nSPS) is 14.5. The largest absolute Gasteiger partial charge is 0.495 e. The van der Waals surface area contributed by atoms with Gasteiger partial charge >= 0.3 is 0 Å². The Morgan fingerprint density at radius 2 is 1.61 bits per heavy atom. The van der Waals surface area contributed by atoms with Crippen LogP contribution in [0.5, 0.6) is 23.0 Å². The van der Waals surface area contributed by atoms with Crippen molar-refractivity contribution in [1.82, 2.24) is 4.98 Å². The first-order chi connectivity index (χ1) is 17.3. The van der Waals surface area contributed by atoms with Crippen LogP contribution in [-0.4, -0.2) is 60.2 Å². The summed E-state index contributed by atoms with van der Waals surface area (Å²) in [5.74, 6) is 2.14. The lowest BCUT2D eigenvalue weighted by Gasteiger charge is -2.31. The molecule has 11 heteroatoms. The topological polar surface area (TPSA) is 87.2 Å². The van der Waals surface area contributed by atoms with Gasteiger partial charge in [0.25, 0.3) is 0 Å². The lowest BCUT2D eigenvalue weighted by atomic mass is 10.1. The Morgan fingerprint density at radius 3 is 2.19 bits per heavy atom. The van der Waals surface area contributed by atoms with Gasteiger partial charge in [0.15, 0.2) is 26.5 Å². The summed E-state index contributed by atoms with van der Waals surface area (Å²) in [7, 11) is 2.74. The first kappa shape index (κ1) is 26.6. The van der Waals surface area contributed by atoms with Gasteiger partial charge in [-0.05, 0) is 48.7 Å². The third-order valence-corrected chi connectivity index (χ3v) is 9.96. The number of anilines is 1. The van der Waals surface area contributed by atoms with Gasteiger partial charge in [-0.15, -0.1) is 11.3 Å². The highest BCUT2D eigenvalue weighted by atomic mass is 79.9. The predicted molar refractivity (Wildman–Crippen MR) is 144 cm³/mol. The molecule has 194 valence electrons. The molecule has 1 aliphatic heterocycles. The molecule has 3 aromatic rings. The van der Waals surface area contributed by atoms with Crippen LogP contribution in [-0.2, 0) is 16.3 Å². The summed E-state index contributed by atoms with van der Waals surface area (Å²) in [6.07, 6.45) is 1.67. The van der Waals surface area contributed by atoms with Crippen LogP contribution in [0, 0.1) is 0 Å². The summed E-state index contributed by atoms with van der Waals surface area (Å²) in [5.41, 5.74) is 1.92. The van der Waals surface area contributed by atoms with E-state index in [1.165, 1.54) is 7.11 Å². The zero-order valence-electron chi connectivity index (χ0n) is 20.6. The van der Waals surface area contributed by atoms with Crippen molar-refractivity contribution in [1.29, 1.82) is 0 Å². The van der Waals surface area contributed by atoms with E-state index >= 15 is 0 Å². The molecule has 0 spiro atoms. The van der Waals surface area contributed by atoms with Crippen LogP contribution in [0.15, 0.2) is 45.1 Å². The molecule has 0 bridgehead atoms. The maximum absolute atomic E-state index is 13.4. The van der Waals surface area contributed by atoms with Crippen molar-refractivity contribution in [2.45, 2.75) is 29.4 Å². The van der Waals surface area contributed by atoms with E-state index in [0.717, 1.165) is 16.4 Å². The highest BCUT2D eigenvalue weighted by Gasteiger charge is 2.34. The Bertz CT molecular complexity index is 1290. The number of rotatable bonds is 9. The van der Waals surface area contributed by atoms with Gasteiger partial charge in [0, 0.05) is 29.4 Å². The molecule has 1 aromatic heterocycles. The van der Waals surface area contributed by atoms with Crippen molar-refractivity contribution < 1.29 is 27.4 Å². The molecular formula is C25H29BrN2O6S2. The monoisotopic (exact) mass is 596 g/mol. The summed E-state index contributed by atoms with van der Waals surface area (Å²) in [5, 5.41) is 2.47. The molecule has 1 saturated heterocycles. The van der Waals surface area contributed by atoms with E-state index in [1.807, 2.05) is 17.5 Å². The molecule has 1 fully saturated rings. The van der Waals surface area contributed by atoms with Crippen molar-refractivity contribution in [2.75, 3.05) is 46.4 Å². The quantitative estimate of drug-likeness (QED) is 0.342. The van der Waals surface area contributed by atoms with Crippen molar-refractivity contribution in [3.05, 3.63) is 51.4 Å². The van der Waals surface area contributed by atoms with E-state index in [1.54, 1.807) is 50.9 Å². The lowest BCUT2D eigenvalue weighted by Crippen LogP contribution is -2.39. The van der Waals surface area contributed by atoms with Gasteiger partial charge in [-0.2, -0.15) is 0 Å². The van der Waals surface area contributed by atoms with E-state index in [9.17, 15) is 8.42 Å². The Labute approximate surface area is 224 Å². The third kappa shape index (κ3) is 5.42. The number of methoxy groups -OCH3 is 4. The minimum Gasteiger partial charge on any atom is -0.495 e. The minimum absolute atomic E-state index is 0.236. The van der Waals surface area contributed by atoms with E-state index < -0.39 is 15.1 Å². The van der Waals surface area contributed by atoms with Crippen LogP contribution in [0.4, 0.5) is 5.13 Å². The fraction of sp³-hybridized carbons (Fsp3) is 0.400. The minimum atomic E-state index is -3.52. The molecule has 0 atom stereocenters. The summed E-state index contributed by atoms with van der Waals surface area (Å²) in [6.45, 7) is 1.24. The van der Waals surface area contributed by atoms with Gasteiger partial charge in [-0.25, -0.2) is 13.4 Å². The molecule has 8 nitrogen and oxygen atoms in total. The van der Waals surface area contributed by atoms with Crippen molar-refractivity contribution >= 4 is 42.2 Å². The Balaban J connectivity index is 1.45. The number of ether oxygens (including phenoxy) is 4. The Kier molecular flexibility index (Phi) is 8.31. The second-order valence-corrected chi connectivity index (χ2v) is 12.3. The van der Waals surface area contributed by atoms with Gasteiger partial charge in [-0.3, -0.25) is 0 Å². The fourth-order valence-electron chi connectivity index (χ4n) is 4.38. The molecular weight excluding hydrogens is 568 g/mol. The molecule has 4 rings (SSSR count). The second kappa shape index (κ2) is 11.3. The van der Waals surface area contributed by atoms with E-state index in [4.69, 9.17) is 23.9 Å². The SMILES string of the molecule is COc1ccc(Br)cc1S(=O)(=O)C1CCN(c2nc(Cc3cc(OC)c(OC)c(OC)c3)cs2)CC1. The predicted octanol–water partition coefficient (Wildman–Crippen LogP) is 4.97. The summed E-state index contributed by atoms with van der Waals surface area (Å²) in [4.78, 5) is 7.22. The molecule has 36 heavy (non-hydrogen) atoms. The number of halogens is 1. The molecule has 2 aromatic carbocycles. The molecule has 0 amide bonds. The smallest absolute Gasteiger partial charge is 0.203 e. The highest BCUT2D eigenvalue weighted by molar-refractivity contribution is 9.10. The molecule has 0 saturated carbocycles. The Hall–Kier alpha value is -2.50. The average Bonchev–Trinajstić information content (AvgIpc) is 3.36. The first-order valence-corrected chi connectivity index (χ1v) is 14.6. The van der Waals surface area contributed by atoms with Crippen molar-refractivity contribution in [2.24, 2.45) is 0 Å². The van der Waals surface area contributed by atoms with E-state index in [-0.39, 0.29) is 4.90 Å². The molecule has 0 radical (unpaired) electrons. The van der Waals surface area contributed by atoms with Gasteiger partial charge in [0.05, 0.1) is 39.4 Å². The van der Waals surface area contributed by atoms with Crippen molar-refractivity contribution in [3.8, 4) is 23.0 Å². The zero-order chi connectivity index (χ0) is 25.9. The number of nitrogens with zero attached hydrogens (tertiary/aromatic N) is 2. The van der Waals surface area contributed by atoms with Crippen LogP contribution in [0.2, 0.25) is 0 Å². The average molecular weight is 598 g/mol. The molecule has 0 N–H and O–H groups in total. The standard InChI is InChI=1S/C25H29BrN2O6S2/c1-31-20-6-5-17(26)14-23(20)36(29,30)19-7-9-28(10-8-19)25-27-18(15-35-25)11-16-12-21(32-2)24(34-4)22(13-16)33-3/h5-6,12-15,19H,7-11H2,1-4H3. The third-order valence-electron chi connectivity index (χ3n) is 6.23. The second-order valence-electron chi connectivity index (χ2n) is 8.36. The number of hydrogen-bond acceptors (Lipinski definition) is 9. The Morgan fingerprint density at radius 1 is 0.972 bits per heavy atom. The number of benzene rings is 2. The van der Waals surface area contributed by atoms with Crippen LogP contribution in [0.1, 0.15) is 24.1 Å². The van der Waals surface area contributed by atoms with Crippen LogP contribution < -0.4 is 23.8 Å². The van der Waals surface area contributed by atoms with Crippen molar-refractivity contribution in [3.63, 3.8) is 0 Å². The summed E-state index contributed by atoms with van der Waals surface area (Å²) in [6, 6.07) is 8.92. The maximum Gasteiger partial charge on any atom is 0.203 e. The molecule has 1 aliphatic rings. The zero-order valence-corrected chi connectivity index (χ0v) is 23.8. The van der Waals surface area contributed by atoms with Gasteiger partial charge in [0.1, 0.15) is 10.6 Å². The lowest BCUT2D eigenvalue weighted by molar-refractivity contribution is 0.324. The van der Waals surface area contributed by atoms with Crippen LogP contribution in [0.3, 0.4) is 0 Å². The van der Waals surface area contributed by atoms with Crippen LogP contribution >= 0.6 is 27.3 Å². The van der Waals surface area contributed by atoms with Gasteiger partial charge in [0.2, 0.25) is 5.75 Å². The molecule has 2 heterocycles. The number of sulfone groups is 1. The van der Waals surface area contributed by atoms with E-state index in [2.05, 4.69) is 20.8 Å². The maximum atomic E-state index is 13.4. The molecule has 0 aliphatic carbocycles. The number of hydrogen-bond donors (Lipinski definition) is 0. The van der Waals surface area contributed by atoms with Crippen LogP contribution in [0.25, 0.3) is 0 Å². The fourth-order valence-corrected chi connectivity index (χ4v) is 7.68. The van der Waals surface area contributed by atoms with Gasteiger partial charge < -0.3 is 23.8 Å². The summed E-state index contributed by atoms with van der Waals surface area (Å²) >= 11 is 4.94. The number of thiazole rings is 1. The van der Waals surface area contributed by atoms with E-state index in [0.29, 0.717) is 59.8 Å². The van der Waals surface area contributed by atoms with Gasteiger partial charge in [-0.1, -0.05) is 15.9 Å². The highest BCUT2D eigenvalue weighted by Crippen LogP contribution is 2.39. The summed E-state index contributed by atoms with van der Waals surface area (Å²) < 4.78 is 49.1. The number of aromatic nitrogens is 1. The molecule has 0 unspecified atom stereocenters. The first-order valence-electron chi connectivity index (χ1n) is 11.4.